The lowest BCUT2D eigenvalue weighted by Gasteiger charge is -2.05. The molecular formula is C12H12O4. The molecule has 0 saturated carbocycles. The number of aliphatic carboxylic acids is 1. The molecule has 0 aliphatic rings. The Hall–Kier alpha value is -2.23. The van der Waals surface area contributed by atoms with Crippen LogP contribution in [0.15, 0.2) is 48.8 Å². The van der Waals surface area contributed by atoms with Gasteiger partial charge in [-0.05, 0) is 18.2 Å². The van der Waals surface area contributed by atoms with Crippen molar-refractivity contribution in [2.75, 3.05) is 7.11 Å². The molecular weight excluding hydrogens is 208 g/mol. The number of carbonyl (C=O) groups is 1. The molecule has 1 rings (SSSR count). The number of rotatable bonds is 5. The third-order valence-corrected chi connectivity index (χ3v) is 1.69. The van der Waals surface area contributed by atoms with Crippen LogP contribution in [0.25, 0.3) is 0 Å². The van der Waals surface area contributed by atoms with Crippen molar-refractivity contribution in [1.82, 2.24) is 0 Å². The predicted molar refractivity (Wildman–Crippen MR) is 59.5 cm³/mol. The van der Waals surface area contributed by atoms with Crippen molar-refractivity contribution in [3.63, 3.8) is 0 Å². The Kier molecular flexibility index (Phi) is 4.66. The Bertz CT molecular complexity index is 407. The van der Waals surface area contributed by atoms with Crippen molar-refractivity contribution in [3.05, 3.63) is 48.8 Å². The lowest BCUT2D eigenvalue weighted by molar-refractivity contribution is -0.131. The van der Waals surface area contributed by atoms with E-state index in [0.717, 1.165) is 6.08 Å². The highest BCUT2D eigenvalue weighted by atomic mass is 16.5. The molecule has 0 radical (unpaired) electrons. The number of benzene rings is 1. The van der Waals surface area contributed by atoms with E-state index >= 15 is 0 Å². The van der Waals surface area contributed by atoms with Crippen LogP contribution in [-0.2, 0) is 4.79 Å². The molecule has 0 unspecified atom stereocenters. The van der Waals surface area contributed by atoms with Gasteiger partial charge < -0.3 is 14.6 Å². The Labute approximate surface area is 93.4 Å². The monoisotopic (exact) mass is 220 g/mol. The van der Waals surface area contributed by atoms with Crippen LogP contribution < -0.4 is 9.47 Å². The highest BCUT2D eigenvalue weighted by Gasteiger charge is 1.99. The van der Waals surface area contributed by atoms with Crippen molar-refractivity contribution in [1.29, 1.82) is 0 Å². The second-order valence-electron chi connectivity index (χ2n) is 2.79. The van der Waals surface area contributed by atoms with Crippen LogP contribution in [0.1, 0.15) is 0 Å². The van der Waals surface area contributed by atoms with E-state index in [1.54, 1.807) is 19.2 Å². The molecule has 0 bridgehead atoms. The summed E-state index contributed by atoms with van der Waals surface area (Å²) in [6.45, 7) is 0. The SMILES string of the molecule is COc1ccccc1O/C=C/C=C/C(=O)O. The van der Waals surface area contributed by atoms with Gasteiger partial charge in [0.1, 0.15) is 0 Å². The predicted octanol–water partition coefficient (Wildman–Crippen LogP) is 2.23. The summed E-state index contributed by atoms with van der Waals surface area (Å²) in [5.41, 5.74) is 0. The minimum Gasteiger partial charge on any atom is -0.493 e. The van der Waals surface area contributed by atoms with Crippen molar-refractivity contribution in [3.8, 4) is 11.5 Å². The Morgan fingerprint density at radius 1 is 1.25 bits per heavy atom. The lowest BCUT2D eigenvalue weighted by atomic mass is 10.3. The van der Waals surface area contributed by atoms with Crippen LogP contribution >= 0.6 is 0 Å². The van der Waals surface area contributed by atoms with Gasteiger partial charge in [-0.1, -0.05) is 18.2 Å². The van der Waals surface area contributed by atoms with Gasteiger partial charge in [0.2, 0.25) is 0 Å². The highest BCUT2D eigenvalue weighted by molar-refractivity contribution is 5.80. The van der Waals surface area contributed by atoms with Crippen LogP contribution in [0.2, 0.25) is 0 Å². The molecule has 1 aromatic rings. The zero-order chi connectivity index (χ0) is 11.8. The van der Waals surface area contributed by atoms with E-state index in [1.165, 1.54) is 18.4 Å². The summed E-state index contributed by atoms with van der Waals surface area (Å²) in [5.74, 6) is 0.196. The number of allylic oxidation sites excluding steroid dienone is 2. The van der Waals surface area contributed by atoms with Gasteiger partial charge in [0.15, 0.2) is 11.5 Å². The third kappa shape index (κ3) is 3.88. The van der Waals surface area contributed by atoms with Crippen molar-refractivity contribution in [2.45, 2.75) is 0 Å². The highest BCUT2D eigenvalue weighted by Crippen LogP contribution is 2.25. The van der Waals surface area contributed by atoms with Crippen LogP contribution in [-0.4, -0.2) is 18.2 Å². The van der Waals surface area contributed by atoms with Gasteiger partial charge in [0.25, 0.3) is 0 Å². The summed E-state index contributed by atoms with van der Waals surface area (Å²) >= 11 is 0. The van der Waals surface area contributed by atoms with Crippen LogP contribution in [0.5, 0.6) is 11.5 Å². The first-order valence-corrected chi connectivity index (χ1v) is 4.60. The maximum atomic E-state index is 10.2. The minimum atomic E-state index is -0.998. The van der Waals surface area contributed by atoms with Crippen molar-refractivity contribution < 1.29 is 19.4 Å². The first-order valence-electron chi connectivity index (χ1n) is 4.60. The Morgan fingerprint density at radius 2 is 1.94 bits per heavy atom. The van der Waals surface area contributed by atoms with E-state index in [1.807, 2.05) is 12.1 Å². The summed E-state index contributed by atoms with van der Waals surface area (Å²) in [6.07, 6.45) is 5.26. The first kappa shape index (κ1) is 11.8. The number of ether oxygens (including phenoxy) is 2. The lowest BCUT2D eigenvalue weighted by Crippen LogP contribution is -1.88. The number of carboxylic acids is 1. The largest absolute Gasteiger partial charge is 0.493 e. The van der Waals surface area contributed by atoms with Crippen LogP contribution in [0.4, 0.5) is 0 Å². The minimum absolute atomic E-state index is 0.574. The second-order valence-corrected chi connectivity index (χ2v) is 2.79. The third-order valence-electron chi connectivity index (χ3n) is 1.69. The number of para-hydroxylation sites is 2. The Morgan fingerprint density at radius 3 is 2.56 bits per heavy atom. The zero-order valence-electron chi connectivity index (χ0n) is 8.79. The number of methoxy groups -OCH3 is 1. The summed E-state index contributed by atoms with van der Waals surface area (Å²) in [5, 5.41) is 8.33. The van der Waals surface area contributed by atoms with Gasteiger partial charge in [-0.25, -0.2) is 4.79 Å². The molecule has 4 nitrogen and oxygen atoms in total. The van der Waals surface area contributed by atoms with E-state index in [-0.39, 0.29) is 0 Å². The fourth-order valence-corrected chi connectivity index (χ4v) is 1.01. The Balaban J connectivity index is 2.57. The first-order chi connectivity index (χ1) is 7.74. The number of carboxylic acid groups (broad SMARTS) is 1. The van der Waals surface area contributed by atoms with E-state index < -0.39 is 5.97 Å². The topological polar surface area (TPSA) is 55.8 Å². The fraction of sp³-hybridized carbons (Fsp3) is 0.0833. The average molecular weight is 220 g/mol. The van der Waals surface area contributed by atoms with E-state index in [9.17, 15) is 4.79 Å². The second kappa shape index (κ2) is 6.29. The smallest absolute Gasteiger partial charge is 0.328 e. The molecule has 16 heavy (non-hydrogen) atoms. The van der Waals surface area contributed by atoms with Gasteiger partial charge in [-0.2, -0.15) is 0 Å². The molecule has 0 saturated heterocycles. The molecule has 0 heterocycles. The maximum Gasteiger partial charge on any atom is 0.328 e. The number of hydrogen-bond acceptors (Lipinski definition) is 3. The molecule has 0 spiro atoms. The normalized spacial score (nSPS) is 10.8. The number of hydrogen-bond donors (Lipinski definition) is 1. The molecule has 4 heteroatoms. The molecule has 0 atom stereocenters. The fourth-order valence-electron chi connectivity index (χ4n) is 1.01. The van der Waals surface area contributed by atoms with Crippen molar-refractivity contribution in [2.24, 2.45) is 0 Å². The molecule has 0 aliphatic carbocycles. The molecule has 1 aromatic carbocycles. The molecule has 1 N–H and O–H groups in total. The van der Waals surface area contributed by atoms with E-state index in [0.29, 0.717) is 11.5 Å². The summed E-state index contributed by atoms with van der Waals surface area (Å²) < 4.78 is 10.3. The van der Waals surface area contributed by atoms with E-state index in [4.69, 9.17) is 14.6 Å². The molecule has 0 amide bonds. The molecule has 0 aliphatic heterocycles. The summed E-state index contributed by atoms with van der Waals surface area (Å²) in [6, 6.07) is 7.18. The molecule has 84 valence electrons. The quantitative estimate of drug-likeness (QED) is 0.469. The van der Waals surface area contributed by atoms with Gasteiger partial charge >= 0.3 is 5.97 Å². The zero-order valence-corrected chi connectivity index (χ0v) is 8.79. The summed E-state index contributed by atoms with van der Waals surface area (Å²) in [4.78, 5) is 10.2. The molecule has 0 aromatic heterocycles. The van der Waals surface area contributed by atoms with Gasteiger partial charge in [0.05, 0.1) is 13.4 Å². The van der Waals surface area contributed by atoms with Gasteiger partial charge in [0, 0.05) is 6.08 Å². The van der Waals surface area contributed by atoms with Crippen molar-refractivity contribution >= 4 is 5.97 Å². The average Bonchev–Trinajstić information content (AvgIpc) is 2.29. The maximum absolute atomic E-state index is 10.2. The van der Waals surface area contributed by atoms with Crippen LogP contribution in [0, 0.1) is 0 Å². The van der Waals surface area contributed by atoms with Crippen LogP contribution in [0.3, 0.4) is 0 Å². The standard InChI is InChI=1S/C12H12O4/c1-15-10-6-2-3-7-11(10)16-9-5-4-8-12(13)14/h2-9H,1H3,(H,13,14)/b8-4+,9-5+. The molecule has 0 fully saturated rings. The summed E-state index contributed by atoms with van der Waals surface area (Å²) in [7, 11) is 1.55. The van der Waals surface area contributed by atoms with E-state index in [2.05, 4.69) is 0 Å². The van der Waals surface area contributed by atoms with Gasteiger partial charge in [-0.15, -0.1) is 0 Å². The van der Waals surface area contributed by atoms with Gasteiger partial charge in [-0.3, -0.25) is 0 Å².